The second-order valence-electron chi connectivity index (χ2n) is 3.46. The van der Waals surface area contributed by atoms with E-state index in [1.807, 2.05) is 18.2 Å². The largest absolute Gasteiger partial charge is 0.490 e. The van der Waals surface area contributed by atoms with Crippen LogP contribution in [0.5, 0.6) is 5.75 Å². The summed E-state index contributed by atoms with van der Waals surface area (Å²) in [5.74, 6) is 1.71. The number of nitrogens with zero attached hydrogens (tertiary/aromatic N) is 2. The van der Waals surface area contributed by atoms with Crippen molar-refractivity contribution in [2.75, 3.05) is 24.8 Å². The van der Waals surface area contributed by atoms with Crippen LogP contribution in [0, 0.1) is 0 Å². The number of halogens is 1. The van der Waals surface area contributed by atoms with Crippen molar-refractivity contribution in [2.45, 2.75) is 0 Å². The smallest absolute Gasteiger partial charge is 0.204 e. The van der Waals surface area contributed by atoms with Crippen LogP contribution in [-0.4, -0.2) is 24.1 Å². The summed E-state index contributed by atoms with van der Waals surface area (Å²) in [5.41, 5.74) is 0.762. The van der Waals surface area contributed by atoms with Crippen molar-refractivity contribution in [3.05, 3.63) is 35.6 Å². The predicted molar refractivity (Wildman–Crippen MR) is 72.9 cm³/mol. The van der Waals surface area contributed by atoms with Gasteiger partial charge in [-0.3, -0.25) is 0 Å². The minimum Gasteiger partial charge on any atom is -0.490 e. The van der Waals surface area contributed by atoms with Crippen LogP contribution in [0.15, 0.2) is 30.6 Å². The third-order valence-corrected chi connectivity index (χ3v) is 2.70. The van der Waals surface area contributed by atoms with Gasteiger partial charge in [0.25, 0.3) is 0 Å². The first kappa shape index (κ1) is 12.4. The minimum atomic E-state index is 0.542. The van der Waals surface area contributed by atoms with Gasteiger partial charge in [0.15, 0.2) is 11.6 Å². The second-order valence-corrected chi connectivity index (χ2v) is 3.87. The van der Waals surface area contributed by atoms with Crippen molar-refractivity contribution in [3.8, 4) is 5.75 Å². The van der Waals surface area contributed by atoms with Crippen LogP contribution in [-0.2, 0) is 0 Å². The fourth-order valence-electron chi connectivity index (χ4n) is 1.52. The topological polar surface area (TPSA) is 59.1 Å². The van der Waals surface area contributed by atoms with Crippen molar-refractivity contribution >= 4 is 28.9 Å². The summed E-state index contributed by atoms with van der Waals surface area (Å²) in [6, 6.07) is 7.42. The lowest BCUT2D eigenvalue weighted by atomic mass is 10.3. The van der Waals surface area contributed by atoms with Gasteiger partial charge in [0.05, 0.1) is 17.8 Å². The Bertz CT molecular complexity index is 547. The van der Waals surface area contributed by atoms with Gasteiger partial charge in [0, 0.05) is 7.05 Å². The van der Waals surface area contributed by atoms with Gasteiger partial charge in [-0.05, 0) is 12.1 Å². The molecule has 1 aromatic heterocycles. The van der Waals surface area contributed by atoms with Crippen molar-refractivity contribution < 1.29 is 4.74 Å². The summed E-state index contributed by atoms with van der Waals surface area (Å²) in [6.07, 6.45) is 1.45. The number of ether oxygens (including phenoxy) is 1. The normalized spacial score (nSPS) is 9.94. The lowest BCUT2D eigenvalue weighted by molar-refractivity contribution is 0.415. The summed E-state index contributed by atoms with van der Waals surface area (Å²) < 4.78 is 5.29. The zero-order chi connectivity index (χ0) is 13.0. The molecule has 2 rings (SSSR count). The van der Waals surface area contributed by atoms with Gasteiger partial charge < -0.3 is 15.4 Å². The van der Waals surface area contributed by atoms with Gasteiger partial charge in [-0.2, -0.15) is 0 Å². The highest BCUT2D eigenvalue weighted by molar-refractivity contribution is 6.33. The maximum absolute atomic E-state index is 6.08. The third kappa shape index (κ3) is 2.46. The Morgan fingerprint density at radius 1 is 1.17 bits per heavy atom. The zero-order valence-corrected chi connectivity index (χ0v) is 10.8. The number of hydrogen-bond donors (Lipinski definition) is 2. The molecule has 5 nitrogen and oxygen atoms in total. The molecule has 0 unspecified atom stereocenters. The molecule has 0 aliphatic rings. The molecule has 94 valence electrons. The monoisotopic (exact) mass is 264 g/mol. The molecule has 0 aliphatic heterocycles. The molecule has 2 N–H and O–H groups in total. The Labute approximate surface area is 110 Å². The van der Waals surface area contributed by atoms with Gasteiger partial charge in [-0.25, -0.2) is 9.97 Å². The van der Waals surface area contributed by atoms with E-state index in [2.05, 4.69) is 20.6 Å². The number of hydrogen-bond acceptors (Lipinski definition) is 5. The fourth-order valence-corrected chi connectivity index (χ4v) is 1.71. The van der Waals surface area contributed by atoms with Crippen molar-refractivity contribution in [1.82, 2.24) is 9.97 Å². The summed E-state index contributed by atoms with van der Waals surface area (Å²) in [6.45, 7) is 0. The van der Waals surface area contributed by atoms with E-state index in [9.17, 15) is 0 Å². The number of methoxy groups -OCH3 is 1. The molecule has 1 aromatic carbocycles. The van der Waals surface area contributed by atoms with Gasteiger partial charge in [0.1, 0.15) is 6.33 Å². The number of rotatable bonds is 4. The van der Waals surface area contributed by atoms with Gasteiger partial charge in [-0.15, -0.1) is 0 Å². The van der Waals surface area contributed by atoms with Gasteiger partial charge in [-0.1, -0.05) is 23.7 Å². The lowest BCUT2D eigenvalue weighted by Crippen LogP contribution is -2.03. The second kappa shape index (κ2) is 5.55. The number of aromatic nitrogens is 2. The first-order chi connectivity index (χ1) is 8.76. The SMILES string of the molecule is CNc1ncnc(Nc2ccccc2Cl)c1OC. The van der Waals surface area contributed by atoms with Gasteiger partial charge in [0.2, 0.25) is 5.75 Å². The van der Waals surface area contributed by atoms with Crippen molar-refractivity contribution in [1.29, 1.82) is 0 Å². The molecule has 18 heavy (non-hydrogen) atoms. The van der Waals surface area contributed by atoms with E-state index in [1.54, 1.807) is 20.2 Å². The highest BCUT2D eigenvalue weighted by Crippen LogP contribution is 2.32. The molecule has 0 spiro atoms. The first-order valence-electron chi connectivity index (χ1n) is 5.34. The average Bonchev–Trinajstić information content (AvgIpc) is 2.41. The molecule has 0 fully saturated rings. The van der Waals surface area contributed by atoms with Crippen LogP contribution >= 0.6 is 11.6 Å². The molecule has 0 aliphatic carbocycles. The highest BCUT2D eigenvalue weighted by atomic mass is 35.5. The highest BCUT2D eigenvalue weighted by Gasteiger charge is 2.11. The lowest BCUT2D eigenvalue weighted by Gasteiger charge is -2.13. The molecule has 0 amide bonds. The van der Waals surface area contributed by atoms with Gasteiger partial charge >= 0.3 is 0 Å². The Morgan fingerprint density at radius 2 is 1.89 bits per heavy atom. The Morgan fingerprint density at radius 3 is 2.56 bits per heavy atom. The molecule has 0 bridgehead atoms. The Kier molecular flexibility index (Phi) is 3.84. The minimum absolute atomic E-state index is 0.542. The molecule has 0 saturated carbocycles. The molecule has 0 saturated heterocycles. The maximum atomic E-state index is 6.08. The number of nitrogens with one attached hydrogen (secondary N) is 2. The third-order valence-electron chi connectivity index (χ3n) is 2.37. The molecule has 6 heteroatoms. The van der Waals surface area contributed by atoms with E-state index in [-0.39, 0.29) is 0 Å². The summed E-state index contributed by atoms with van der Waals surface area (Å²) in [4.78, 5) is 8.22. The van der Waals surface area contributed by atoms with Crippen LogP contribution in [0.4, 0.5) is 17.3 Å². The maximum Gasteiger partial charge on any atom is 0.204 e. The molecule has 2 aromatic rings. The van der Waals surface area contributed by atoms with E-state index in [0.717, 1.165) is 5.69 Å². The van der Waals surface area contributed by atoms with E-state index < -0.39 is 0 Å². The average molecular weight is 265 g/mol. The molecular formula is C12H13ClN4O. The summed E-state index contributed by atoms with van der Waals surface area (Å²) in [5, 5.41) is 6.67. The molecule has 0 radical (unpaired) electrons. The van der Waals surface area contributed by atoms with Crippen LogP contribution in [0.1, 0.15) is 0 Å². The van der Waals surface area contributed by atoms with Crippen LogP contribution in [0.25, 0.3) is 0 Å². The number of para-hydroxylation sites is 1. The Hall–Kier alpha value is -2.01. The predicted octanol–water partition coefficient (Wildman–Crippen LogP) is 2.92. The van der Waals surface area contributed by atoms with Crippen molar-refractivity contribution in [2.24, 2.45) is 0 Å². The summed E-state index contributed by atoms with van der Waals surface area (Å²) in [7, 11) is 3.33. The standard InChI is InChI=1S/C12H13ClN4O/c1-14-11-10(18-2)12(16-7-15-11)17-9-6-4-3-5-8(9)13/h3-7H,1-2H3,(H2,14,15,16,17). The van der Waals surface area contributed by atoms with E-state index in [0.29, 0.717) is 22.4 Å². The Balaban J connectivity index is 2.37. The number of benzene rings is 1. The van der Waals surface area contributed by atoms with Crippen LogP contribution in [0.2, 0.25) is 5.02 Å². The molecule has 1 heterocycles. The quantitative estimate of drug-likeness (QED) is 0.889. The first-order valence-corrected chi connectivity index (χ1v) is 5.72. The van der Waals surface area contributed by atoms with E-state index >= 15 is 0 Å². The number of anilines is 3. The zero-order valence-electron chi connectivity index (χ0n) is 10.1. The van der Waals surface area contributed by atoms with Crippen LogP contribution < -0.4 is 15.4 Å². The molecular weight excluding hydrogens is 252 g/mol. The van der Waals surface area contributed by atoms with Crippen LogP contribution in [0.3, 0.4) is 0 Å². The summed E-state index contributed by atoms with van der Waals surface area (Å²) >= 11 is 6.08. The van der Waals surface area contributed by atoms with E-state index in [4.69, 9.17) is 16.3 Å². The molecule has 0 atom stereocenters. The fraction of sp³-hybridized carbons (Fsp3) is 0.167. The van der Waals surface area contributed by atoms with E-state index in [1.165, 1.54) is 6.33 Å². The van der Waals surface area contributed by atoms with Crippen molar-refractivity contribution in [3.63, 3.8) is 0 Å².